The van der Waals surface area contributed by atoms with Gasteiger partial charge in [0.25, 0.3) is 0 Å². The second-order valence-corrected chi connectivity index (χ2v) is 8.16. The smallest absolute Gasteiger partial charge is 0.198 e. The van der Waals surface area contributed by atoms with Crippen LogP contribution >= 0.6 is 47.8 Å². The SMILES string of the molecule is C[C@@H]1O[C@H](C=C=CBr)C[C@H]2C=C[C@](O)(O2)[C@@H](Br)C[C@@H](O)[C@H]1Br. The van der Waals surface area contributed by atoms with E-state index in [1.807, 2.05) is 13.0 Å². The van der Waals surface area contributed by atoms with Crippen LogP contribution in [0.5, 0.6) is 0 Å². The molecule has 0 aromatic rings. The van der Waals surface area contributed by atoms with E-state index in [0.717, 1.165) is 0 Å². The first-order chi connectivity index (χ1) is 10.4. The van der Waals surface area contributed by atoms with E-state index in [-0.39, 0.29) is 23.1 Å². The third kappa shape index (κ3) is 4.54. The summed E-state index contributed by atoms with van der Waals surface area (Å²) in [7, 11) is 0. The molecule has 1 fully saturated rings. The van der Waals surface area contributed by atoms with Crippen LogP contribution in [0.25, 0.3) is 0 Å². The molecule has 2 rings (SSSR count). The highest BCUT2D eigenvalue weighted by Crippen LogP contribution is 2.35. The molecule has 2 aliphatic rings. The van der Waals surface area contributed by atoms with Gasteiger partial charge in [0.2, 0.25) is 0 Å². The van der Waals surface area contributed by atoms with E-state index in [0.29, 0.717) is 12.8 Å². The van der Waals surface area contributed by atoms with Gasteiger partial charge in [0.15, 0.2) is 5.79 Å². The fourth-order valence-corrected chi connectivity index (χ4v) is 3.72. The summed E-state index contributed by atoms with van der Waals surface area (Å²) in [5, 5.41) is 20.9. The molecule has 0 saturated carbocycles. The maximum absolute atomic E-state index is 10.6. The van der Waals surface area contributed by atoms with Crippen molar-refractivity contribution < 1.29 is 19.7 Å². The molecule has 0 radical (unpaired) electrons. The first kappa shape index (κ1) is 18.9. The fraction of sp³-hybridized carbons (Fsp3) is 0.667. The van der Waals surface area contributed by atoms with Gasteiger partial charge in [0.05, 0.1) is 34.1 Å². The average molecular weight is 503 g/mol. The molecule has 0 amide bonds. The lowest BCUT2D eigenvalue weighted by atomic mass is 10.0. The van der Waals surface area contributed by atoms with Crippen LogP contribution in [0.15, 0.2) is 28.9 Å². The molecule has 124 valence electrons. The van der Waals surface area contributed by atoms with E-state index < -0.39 is 16.7 Å². The zero-order chi connectivity index (χ0) is 16.3. The van der Waals surface area contributed by atoms with Gasteiger partial charge in [-0.2, -0.15) is 0 Å². The summed E-state index contributed by atoms with van der Waals surface area (Å²) in [6.45, 7) is 1.91. The lowest BCUT2D eigenvalue weighted by Gasteiger charge is -2.30. The number of hydrogen-bond acceptors (Lipinski definition) is 4. The Hall–Kier alpha value is 0.540. The van der Waals surface area contributed by atoms with E-state index in [9.17, 15) is 10.2 Å². The van der Waals surface area contributed by atoms with E-state index in [4.69, 9.17) is 9.47 Å². The molecule has 22 heavy (non-hydrogen) atoms. The van der Waals surface area contributed by atoms with Crippen molar-refractivity contribution in [1.82, 2.24) is 0 Å². The molecule has 0 aliphatic carbocycles. The lowest BCUT2D eigenvalue weighted by molar-refractivity contribution is -0.176. The van der Waals surface area contributed by atoms with Crippen LogP contribution in [0.3, 0.4) is 0 Å². The minimum atomic E-state index is -1.41. The molecule has 2 aliphatic heterocycles. The van der Waals surface area contributed by atoms with E-state index in [1.165, 1.54) is 0 Å². The largest absolute Gasteiger partial charge is 0.392 e. The van der Waals surface area contributed by atoms with Crippen LogP contribution in [0.1, 0.15) is 19.8 Å². The van der Waals surface area contributed by atoms with Crippen molar-refractivity contribution >= 4 is 47.8 Å². The van der Waals surface area contributed by atoms with Gasteiger partial charge < -0.3 is 19.7 Å². The van der Waals surface area contributed by atoms with Crippen molar-refractivity contribution in [3.05, 3.63) is 28.9 Å². The Morgan fingerprint density at radius 1 is 1.36 bits per heavy atom. The third-order valence-electron chi connectivity index (χ3n) is 3.80. The Balaban J connectivity index is 2.26. The van der Waals surface area contributed by atoms with Crippen molar-refractivity contribution in [3.63, 3.8) is 0 Å². The summed E-state index contributed by atoms with van der Waals surface area (Å²) in [6, 6.07) is 0. The Morgan fingerprint density at radius 3 is 2.77 bits per heavy atom. The van der Waals surface area contributed by atoms with Crippen LogP contribution in [0.4, 0.5) is 0 Å². The van der Waals surface area contributed by atoms with Crippen molar-refractivity contribution in [2.45, 2.75) is 59.6 Å². The highest BCUT2D eigenvalue weighted by Gasteiger charge is 2.43. The van der Waals surface area contributed by atoms with Gasteiger partial charge in [-0.1, -0.05) is 53.9 Å². The van der Waals surface area contributed by atoms with Crippen molar-refractivity contribution in [1.29, 1.82) is 0 Å². The zero-order valence-electron chi connectivity index (χ0n) is 12.0. The molecule has 7 heteroatoms. The molecule has 0 aromatic heterocycles. The van der Waals surface area contributed by atoms with Gasteiger partial charge in [0, 0.05) is 11.4 Å². The zero-order valence-corrected chi connectivity index (χ0v) is 16.8. The quantitative estimate of drug-likeness (QED) is 0.328. The number of aliphatic hydroxyl groups is 2. The van der Waals surface area contributed by atoms with Crippen LogP contribution in [-0.2, 0) is 9.47 Å². The molecule has 0 aromatic carbocycles. The summed E-state index contributed by atoms with van der Waals surface area (Å²) >= 11 is 10.1. The molecular formula is C15H19Br3O4. The first-order valence-corrected chi connectivity index (χ1v) is 9.83. The van der Waals surface area contributed by atoms with E-state index in [2.05, 4.69) is 53.5 Å². The standard InChI is InChI=1S/C15H19Br3O4/c1-9-14(18)12(19)8-13(17)15(20)5-4-11(22-15)7-10(21-9)3-2-6-16/h3-6,9-14,19-20H,7-8H2,1H3/t2?,9-,10+,11+,12+,13-,14-,15-/m0/s1. The Kier molecular flexibility index (Phi) is 6.93. The van der Waals surface area contributed by atoms with Gasteiger partial charge in [-0.15, -0.1) is 5.73 Å². The summed E-state index contributed by atoms with van der Waals surface area (Å²) in [5.74, 6) is -1.41. The number of rotatable bonds is 1. The minimum absolute atomic E-state index is 0.205. The minimum Gasteiger partial charge on any atom is -0.392 e. The number of alkyl halides is 2. The third-order valence-corrected chi connectivity index (χ3v) is 6.45. The van der Waals surface area contributed by atoms with Gasteiger partial charge in [-0.05, 0) is 25.5 Å². The molecule has 2 bridgehead atoms. The van der Waals surface area contributed by atoms with Crippen molar-refractivity contribution in [2.24, 2.45) is 0 Å². The summed E-state index contributed by atoms with van der Waals surface area (Å²) in [6.07, 6.45) is 4.79. The van der Waals surface area contributed by atoms with E-state index in [1.54, 1.807) is 17.1 Å². The predicted octanol–water partition coefficient (Wildman–Crippen LogP) is 3.15. The second-order valence-electron chi connectivity index (χ2n) is 5.54. The highest BCUT2D eigenvalue weighted by atomic mass is 79.9. The maximum atomic E-state index is 10.6. The van der Waals surface area contributed by atoms with Crippen molar-refractivity contribution in [3.8, 4) is 0 Å². The van der Waals surface area contributed by atoms with Gasteiger partial charge >= 0.3 is 0 Å². The lowest BCUT2D eigenvalue weighted by Crippen LogP contribution is -2.42. The monoisotopic (exact) mass is 500 g/mol. The number of ether oxygens (including phenoxy) is 2. The van der Waals surface area contributed by atoms with Crippen LogP contribution in [0, 0.1) is 0 Å². The Morgan fingerprint density at radius 2 is 2.09 bits per heavy atom. The van der Waals surface area contributed by atoms with E-state index >= 15 is 0 Å². The summed E-state index contributed by atoms with van der Waals surface area (Å²) < 4.78 is 11.8. The fourth-order valence-electron chi connectivity index (χ4n) is 2.58. The maximum Gasteiger partial charge on any atom is 0.198 e. The summed E-state index contributed by atoms with van der Waals surface area (Å²) in [5.41, 5.74) is 2.95. The van der Waals surface area contributed by atoms with Crippen molar-refractivity contribution in [2.75, 3.05) is 0 Å². The molecule has 2 heterocycles. The second kappa shape index (κ2) is 8.08. The predicted molar refractivity (Wildman–Crippen MR) is 95.5 cm³/mol. The number of fused-ring (bicyclic) bond motifs is 2. The molecule has 0 spiro atoms. The molecule has 1 saturated heterocycles. The Bertz CT molecular complexity index is 477. The molecule has 0 unspecified atom stereocenters. The van der Waals surface area contributed by atoms with Gasteiger partial charge in [0.1, 0.15) is 0 Å². The molecule has 4 nitrogen and oxygen atoms in total. The Labute approximate surface area is 155 Å². The number of hydrogen-bond donors (Lipinski definition) is 2. The molecule has 7 atom stereocenters. The molecular weight excluding hydrogens is 484 g/mol. The van der Waals surface area contributed by atoms with Crippen LogP contribution in [-0.4, -0.2) is 50.1 Å². The van der Waals surface area contributed by atoms with Gasteiger partial charge in [-0.3, -0.25) is 0 Å². The first-order valence-electron chi connectivity index (χ1n) is 7.08. The average Bonchev–Trinajstić information content (AvgIpc) is 2.85. The summed E-state index contributed by atoms with van der Waals surface area (Å²) in [4.78, 5) is 0.974. The normalized spacial score (nSPS) is 45.7. The topological polar surface area (TPSA) is 58.9 Å². The number of aliphatic hydroxyl groups excluding tert-OH is 1. The highest BCUT2D eigenvalue weighted by molar-refractivity contribution is 9.11. The molecule has 2 N–H and O–H groups in total. The van der Waals surface area contributed by atoms with Crippen LogP contribution < -0.4 is 0 Å². The van der Waals surface area contributed by atoms with Crippen LogP contribution in [0.2, 0.25) is 0 Å². The van der Waals surface area contributed by atoms with Gasteiger partial charge in [-0.25, -0.2) is 0 Å². The number of halogens is 3.